The average molecular weight is 289 g/mol. The Balaban J connectivity index is 4.35. The normalized spacial score (nSPS) is 13.3. The Morgan fingerprint density at radius 3 is 2.35 bits per heavy atom. The van der Waals surface area contributed by atoms with Crippen LogP contribution in [-0.2, 0) is 14.3 Å². The van der Waals surface area contributed by atoms with Gasteiger partial charge in [-0.2, -0.15) is 0 Å². The van der Waals surface area contributed by atoms with Gasteiger partial charge in [-0.1, -0.05) is 13.3 Å². The quantitative estimate of drug-likeness (QED) is 0.443. The number of carbonyl (C=O) groups excluding carboxylic acids is 2. The second kappa shape index (κ2) is 10.0. The van der Waals surface area contributed by atoms with Gasteiger partial charge in [0.25, 0.3) is 0 Å². The first kappa shape index (κ1) is 18.2. The zero-order valence-electron chi connectivity index (χ0n) is 11.8. The molecule has 0 heterocycles. The first-order valence-corrected chi connectivity index (χ1v) is 6.47. The van der Waals surface area contributed by atoms with Gasteiger partial charge in [-0.15, -0.1) is 0 Å². The maximum absolute atomic E-state index is 11.7. The van der Waals surface area contributed by atoms with Crippen LogP contribution in [0.5, 0.6) is 0 Å². The summed E-state index contributed by atoms with van der Waals surface area (Å²) in [6, 6.07) is -1.93. The first-order valence-electron chi connectivity index (χ1n) is 6.47. The molecule has 0 saturated carbocycles. The lowest BCUT2D eigenvalue weighted by Crippen LogP contribution is -2.50. The third-order valence-corrected chi connectivity index (χ3v) is 2.62. The molecule has 0 aliphatic heterocycles. The molecule has 0 aliphatic rings. The molecule has 0 aliphatic carbocycles. The summed E-state index contributed by atoms with van der Waals surface area (Å²) in [6.45, 7) is 2.31. The van der Waals surface area contributed by atoms with Gasteiger partial charge < -0.3 is 26.2 Å². The van der Waals surface area contributed by atoms with Gasteiger partial charge in [0.05, 0.1) is 12.6 Å². The van der Waals surface area contributed by atoms with Crippen LogP contribution in [0.4, 0.5) is 4.79 Å². The highest BCUT2D eigenvalue weighted by Crippen LogP contribution is 2.00. The van der Waals surface area contributed by atoms with Crippen molar-refractivity contribution in [2.45, 2.75) is 44.7 Å². The lowest BCUT2D eigenvalue weighted by Gasteiger charge is -2.20. The summed E-state index contributed by atoms with van der Waals surface area (Å²) >= 11 is 0. The number of rotatable bonds is 10. The molecular formula is C12H23N3O5. The number of carboxylic acids is 1. The zero-order chi connectivity index (χ0) is 15.5. The van der Waals surface area contributed by atoms with Crippen LogP contribution >= 0.6 is 0 Å². The molecule has 0 fully saturated rings. The van der Waals surface area contributed by atoms with Gasteiger partial charge in [0, 0.05) is 13.5 Å². The minimum Gasteiger partial charge on any atom is -0.480 e. The number of nitrogens with one attached hydrogen (secondary N) is 2. The number of nitrogens with two attached hydrogens (primary N) is 1. The third-order valence-electron chi connectivity index (χ3n) is 2.62. The molecule has 0 aromatic heterocycles. The Morgan fingerprint density at radius 1 is 1.25 bits per heavy atom. The largest absolute Gasteiger partial charge is 0.480 e. The summed E-state index contributed by atoms with van der Waals surface area (Å²) < 4.78 is 4.97. The van der Waals surface area contributed by atoms with Crippen molar-refractivity contribution in [1.29, 1.82) is 0 Å². The van der Waals surface area contributed by atoms with Crippen LogP contribution in [0.25, 0.3) is 0 Å². The number of ether oxygens (including phenoxy) is 1. The van der Waals surface area contributed by atoms with Gasteiger partial charge in [0.15, 0.2) is 0 Å². The van der Waals surface area contributed by atoms with Crippen LogP contribution in [0.15, 0.2) is 0 Å². The third kappa shape index (κ3) is 8.30. The van der Waals surface area contributed by atoms with Crippen LogP contribution < -0.4 is 16.4 Å². The number of carboxylic acid groups (broad SMARTS) is 1. The Kier molecular flexibility index (Phi) is 9.10. The molecule has 0 aromatic carbocycles. The Labute approximate surface area is 118 Å². The van der Waals surface area contributed by atoms with E-state index in [2.05, 4.69) is 10.6 Å². The fraction of sp³-hybridized carbons (Fsp3) is 0.750. The van der Waals surface area contributed by atoms with Gasteiger partial charge in [-0.3, -0.25) is 4.79 Å². The molecule has 5 N–H and O–H groups in total. The summed E-state index contributed by atoms with van der Waals surface area (Å²) in [6.07, 6.45) is 1.44. The molecule has 20 heavy (non-hydrogen) atoms. The summed E-state index contributed by atoms with van der Waals surface area (Å²) in [7, 11) is 1.52. The molecule has 2 unspecified atom stereocenters. The van der Waals surface area contributed by atoms with Crippen molar-refractivity contribution >= 4 is 17.9 Å². The molecule has 116 valence electrons. The maximum Gasteiger partial charge on any atom is 0.326 e. The van der Waals surface area contributed by atoms with Crippen molar-refractivity contribution in [3.63, 3.8) is 0 Å². The number of hydrogen-bond donors (Lipinski definition) is 4. The number of carbonyl (C=O) groups is 3. The lowest BCUT2D eigenvalue weighted by atomic mass is 10.1. The van der Waals surface area contributed by atoms with E-state index in [0.717, 1.165) is 12.8 Å². The molecule has 8 nitrogen and oxygen atoms in total. The van der Waals surface area contributed by atoms with E-state index in [-0.39, 0.29) is 18.9 Å². The number of aliphatic carboxylic acids is 1. The summed E-state index contributed by atoms with van der Waals surface area (Å²) in [4.78, 5) is 33.3. The van der Waals surface area contributed by atoms with Crippen LogP contribution in [0, 0.1) is 0 Å². The van der Waals surface area contributed by atoms with E-state index in [4.69, 9.17) is 15.6 Å². The second-order valence-corrected chi connectivity index (χ2v) is 4.45. The molecule has 0 bridgehead atoms. The molecule has 8 heteroatoms. The monoisotopic (exact) mass is 289 g/mol. The highest BCUT2D eigenvalue weighted by molar-refractivity contribution is 5.83. The minimum atomic E-state index is -1.21. The summed E-state index contributed by atoms with van der Waals surface area (Å²) in [5, 5.41) is 13.9. The average Bonchev–Trinajstić information content (AvgIpc) is 2.34. The zero-order valence-corrected chi connectivity index (χ0v) is 11.8. The van der Waals surface area contributed by atoms with Crippen molar-refractivity contribution in [3.8, 4) is 0 Å². The van der Waals surface area contributed by atoms with E-state index in [1.165, 1.54) is 7.11 Å². The van der Waals surface area contributed by atoms with Gasteiger partial charge in [0.2, 0.25) is 5.91 Å². The van der Waals surface area contributed by atoms with Crippen molar-refractivity contribution in [3.05, 3.63) is 0 Å². The van der Waals surface area contributed by atoms with Crippen molar-refractivity contribution in [2.75, 3.05) is 13.7 Å². The van der Waals surface area contributed by atoms with Crippen LogP contribution in [0.1, 0.15) is 32.6 Å². The summed E-state index contributed by atoms with van der Waals surface area (Å²) in [5.74, 6) is -1.82. The topological polar surface area (TPSA) is 131 Å². The smallest absolute Gasteiger partial charge is 0.326 e. The van der Waals surface area contributed by atoms with Crippen molar-refractivity contribution in [2.24, 2.45) is 5.73 Å². The highest BCUT2D eigenvalue weighted by Gasteiger charge is 2.21. The van der Waals surface area contributed by atoms with Gasteiger partial charge in [0.1, 0.15) is 6.04 Å². The number of amides is 3. The van der Waals surface area contributed by atoms with Gasteiger partial charge in [-0.05, 0) is 12.8 Å². The standard InChI is InChI=1S/C12H23N3O5/c1-3-4-8(7-20-2)14-12(19)15-9(11(17)18)5-6-10(13)16/h8-9H,3-7H2,1-2H3,(H2,13,16)(H,17,18)(H2,14,15,19). The van der Waals surface area contributed by atoms with E-state index in [9.17, 15) is 14.4 Å². The van der Waals surface area contributed by atoms with E-state index in [1.54, 1.807) is 0 Å². The Hall–Kier alpha value is -1.83. The predicted molar refractivity (Wildman–Crippen MR) is 72.1 cm³/mol. The molecule has 0 rings (SSSR count). The SMILES string of the molecule is CCCC(COC)NC(=O)NC(CCC(N)=O)C(=O)O. The lowest BCUT2D eigenvalue weighted by molar-refractivity contribution is -0.139. The van der Waals surface area contributed by atoms with E-state index >= 15 is 0 Å². The molecule has 0 aromatic rings. The number of methoxy groups -OCH3 is 1. The van der Waals surface area contributed by atoms with Crippen LogP contribution in [0.3, 0.4) is 0 Å². The highest BCUT2D eigenvalue weighted by atomic mass is 16.5. The first-order chi connectivity index (χ1) is 9.40. The molecule has 0 saturated heterocycles. The van der Waals surface area contributed by atoms with Crippen LogP contribution in [-0.4, -0.2) is 48.8 Å². The molecule has 2 atom stereocenters. The maximum atomic E-state index is 11.7. The fourth-order valence-electron chi connectivity index (χ4n) is 1.68. The molecule has 0 spiro atoms. The van der Waals surface area contributed by atoms with Crippen molar-refractivity contribution in [1.82, 2.24) is 10.6 Å². The number of primary amides is 1. The van der Waals surface area contributed by atoms with E-state index < -0.39 is 23.9 Å². The Morgan fingerprint density at radius 2 is 1.90 bits per heavy atom. The molecule has 0 radical (unpaired) electrons. The predicted octanol–water partition coefficient (Wildman–Crippen LogP) is -0.181. The van der Waals surface area contributed by atoms with Crippen molar-refractivity contribution < 1.29 is 24.2 Å². The second-order valence-electron chi connectivity index (χ2n) is 4.45. The van der Waals surface area contributed by atoms with E-state index in [0.29, 0.717) is 6.61 Å². The number of urea groups is 1. The van der Waals surface area contributed by atoms with Gasteiger partial charge in [-0.25, -0.2) is 9.59 Å². The van der Waals surface area contributed by atoms with Crippen LogP contribution in [0.2, 0.25) is 0 Å². The summed E-state index contributed by atoms with van der Waals surface area (Å²) in [5.41, 5.74) is 4.95. The van der Waals surface area contributed by atoms with E-state index in [1.807, 2.05) is 6.92 Å². The van der Waals surface area contributed by atoms with Gasteiger partial charge >= 0.3 is 12.0 Å². The fourth-order valence-corrected chi connectivity index (χ4v) is 1.68. The molecule has 3 amide bonds. The molecular weight excluding hydrogens is 266 g/mol. The minimum absolute atomic E-state index is 0.0409. The Bertz CT molecular complexity index is 329. The number of hydrogen-bond acceptors (Lipinski definition) is 4.